The maximum atomic E-state index is 12.9. The Bertz CT molecular complexity index is 773. The Morgan fingerprint density at radius 3 is 2.68 bits per heavy atom. The predicted octanol–water partition coefficient (Wildman–Crippen LogP) is 0.676. The van der Waals surface area contributed by atoms with Crippen LogP contribution in [-0.2, 0) is 22.6 Å². The van der Waals surface area contributed by atoms with E-state index in [1.54, 1.807) is 4.90 Å². The molecule has 7 heteroatoms. The van der Waals surface area contributed by atoms with Gasteiger partial charge in [0.15, 0.2) is 0 Å². The van der Waals surface area contributed by atoms with Gasteiger partial charge in [-0.25, -0.2) is 0 Å². The number of benzene rings is 1. The van der Waals surface area contributed by atoms with Crippen molar-refractivity contribution in [3.63, 3.8) is 0 Å². The molecule has 3 amide bonds. The topological polar surface area (TPSA) is 81.8 Å². The Morgan fingerprint density at radius 2 is 1.89 bits per heavy atom. The van der Waals surface area contributed by atoms with Crippen molar-refractivity contribution in [2.24, 2.45) is 0 Å². The van der Waals surface area contributed by atoms with Gasteiger partial charge in [-0.15, -0.1) is 0 Å². The van der Waals surface area contributed by atoms with E-state index in [2.05, 4.69) is 21.6 Å². The Balaban J connectivity index is 1.37. The predicted molar refractivity (Wildman–Crippen MR) is 105 cm³/mol. The zero-order chi connectivity index (χ0) is 19.5. The van der Waals surface area contributed by atoms with Crippen LogP contribution in [-0.4, -0.2) is 66.3 Å². The van der Waals surface area contributed by atoms with Gasteiger partial charge in [-0.2, -0.15) is 0 Å². The van der Waals surface area contributed by atoms with E-state index in [0.29, 0.717) is 18.5 Å². The van der Waals surface area contributed by atoms with E-state index in [1.165, 1.54) is 5.56 Å². The SMILES string of the molecule is O=C1CCC(N2Cc3c(CCCCN4CCNCC4)cccc3C2=O)C(=O)N1. The molecule has 1 aromatic carbocycles. The number of rotatable bonds is 6. The standard InChI is InChI=1S/C21H28N4O3/c26-19-8-7-18(20(27)23-19)25-14-17-15(5-3-6-16(17)21(25)28)4-1-2-11-24-12-9-22-10-13-24/h3,5-6,18,22H,1-2,4,7-14H2,(H,23,26,27). The summed E-state index contributed by atoms with van der Waals surface area (Å²) >= 11 is 0. The van der Waals surface area contributed by atoms with Crippen LogP contribution in [0.1, 0.15) is 47.2 Å². The lowest BCUT2D eigenvalue weighted by Gasteiger charge is -2.29. The summed E-state index contributed by atoms with van der Waals surface area (Å²) in [5.74, 6) is -0.697. The molecular weight excluding hydrogens is 356 g/mol. The number of fused-ring (bicyclic) bond motifs is 1. The largest absolute Gasteiger partial charge is 0.322 e. The summed E-state index contributed by atoms with van der Waals surface area (Å²) in [6.07, 6.45) is 3.88. The van der Waals surface area contributed by atoms with Crippen molar-refractivity contribution in [3.05, 3.63) is 34.9 Å². The molecule has 7 nitrogen and oxygen atoms in total. The van der Waals surface area contributed by atoms with Crippen molar-refractivity contribution in [2.75, 3.05) is 32.7 Å². The van der Waals surface area contributed by atoms with Crippen LogP contribution in [0, 0.1) is 0 Å². The number of hydrogen-bond acceptors (Lipinski definition) is 5. The van der Waals surface area contributed by atoms with E-state index in [1.807, 2.05) is 12.1 Å². The Morgan fingerprint density at radius 1 is 1.07 bits per heavy atom. The highest BCUT2D eigenvalue weighted by atomic mass is 16.2. The van der Waals surface area contributed by atoms with Gasteiger partial charge >= 0.3 is 0 Å². The van der Waals surface area contributed by atoms with E-state index in [-0.39, 0.29) is 24.1 Å². The highest BCUT2D eigenvalue weighted by Gasteiger charge is 2.39. The number of hydrogen-bond donors (Lipinski definition) is 2. The number of imide groups is 1. The molecular formula is C21H28N4O3. The van der Waals surface area contributed by atoms with Crippen molar-refractivity contribution in [1.29, 1.82) is 0 Å². The second-order valence-corrected chi connectivity index (χ2v) is 7.89. The normalized spacial score (nSPS) is 23.1. The molecule has 3 heterocycles. The summed E-state index contributed by atoms with van der Waals surface area (Å²) in [5, 5.41) is 5.74. The first kappa shape index (κ1) is 19.1. The molecule has 2 fully saturated rings. The number of carbonyl (C=O) groups excluding carboxylic acids is 3. The van der Waals surface area contributed by atoms with E-state index >= 15 is 0 Å². The number of carbonyl (C=O) groups is 3. The van der Waals surface area contributed by atoms with Gasteiger partial charge in [0.05, 0.1) is 0 Å². The number of amides is 3. The molecule has 0 saturated carbocycles. The number of piperidine rings is 1. The minimum atomic E-state index is -0.543. The Hall–Kier alpha value is -2.25. The molecule has 2 N–H and O–H groups in total. The summed E-state index contributed by atoms with van der Waals surface area (Å²) in [7, 11) is 0. The van der Waals surface area contributed by atoms with Crippen molar-refractivity contribution < 1.29 is 14.4 Å². The number of unbranched alkanes of at least 4 members (excludes halogenated alkanes) is 1. The molecule has 0 bridgehead atoms. The van der Waals surface area contributed by atoms with E-state index in [0.717, 1.165) is 57.5 Å². The summed E-state index contributed by atoms with van der Waals surface area (Å²) in [6.45, 7) is 5.98. The maximum Gasteiger partial charge on any atom is 0.255 e. The zero-order valence-electron chi connectivity index (χ0n) is 16.2. The first-order chi connectivity index (χ1) is 13.6. The molecule has 0 spiro atoms. The lowest BCUT2D eigenvalue weighted by Crippen LogP contribution is -2.52. The van der Waals surface area contributed by atoms with Crippen LogP contribution in [0.5, 0.6) is 0 Å². The van der Waals surface area contributed by atoms with E-state index in [9.17, 15) is 14.4 Å². The van der Waals surface area contributed by atoms with Crippen LogP contribution in [0.15, 0.2) is 18.2 Å². The second-order valence-electron chi connectivity index (χ2n) is 7.89. The highest BCUT2D eigenvalue weighted by Crippen LogP contribution is 2.30. The minimum absolute atomic E-state index is 0.0906. The number of aryl methyl sites for hydroxylation is 1. The molecule has 3 aliphatic heterocycles. The smallest absolute Gasteiger partial charge is 0.255 e. The minimum Gasteiger partial charge on any atom is -0.322 e. The average molecular weight is 384 g/mol. The molecule has 1 unspecified atom stereocenters. The van der Waals surface area contributed by atoms with E-state index in [4.69, 9.17) is 0 Å². The van der Waals surface area contributed by atoms with Gasteiger partial charge in [0.1, 0.15) is 6.04 Å². The van der Waals surface area contributed by atoms with Crippen LogP contribution in [0.25, 0.3) is 0 Å². The van der Waals surface area contributed by atoms with Gasteiger partial charge in [-0.3, -0.25) is 19.7 Å². The Labute approximate surface area is 165 Å². The first-order valence-electron chi connectivity index (χ1n) is 10.3. The van der Waals surface area contributed by atoms with Gasteiger partial charge in [-0.1, -0.05) is 12.1 Å². The number of nitrogens with one attached hydrogen (secondary N) is 2. The number of piperazine rings is 1. The van der Waals surface area contributed by atoms with Crippen molar-refractivity contribution in [2.45, 2.75) is 44.7 Å². The fourth-order valence-corrected chi connectivity index (χ4v) is 4.47. The lowest BCUT2D eigenvalue weighted by atomic mass is 9.98. The molecule has 3 aliphatic rings. The number of nitrogens with zero attached hydrogens (tertiary/aromatic N) is 2. The average Bonchev–Trinajstić information content (AvgIpc) is 3.03. The summed E-state index contributed by atoms with van der Waals surface area (Å²) < 4.78 is 0. The fourth-order valence-electron chi connectivity index (χ4n) is 4.47. The third kappa shape index (κ3) is 3.95. The van der Waals surface area contributed by atoms with Crippen molar-refractivity contribution in [1.82, 2.24) is 20.4 Å². The summed E-state index contributed by atoms with van der Waals surface area (Å²) in [5.41, 5.74) is 2.98. The molecule has 0 aliphatic carbocycles. The Kier molecular flexibility index (Phi) is 5.73. The van der Waals surface area contributed by atoms with Crippen LogP contribution >= 0.6 is 0 Å². The van der Waals surface area contributed by atoms with Crippen LogP contribution in [0.3, 0.4) is 0 Å². The molecule has 2 saturated heterocycles. The van der Waals surface area contributed by atoms with Crippen molar-refractivity contribution in [3.8, 4) is 0 Å². The van der Waals surface area contributed by atoms with Crippen LogP contribution < -0.4 is 10.6 Å². The van der Waals surface area contributed by atoms with Crippen molar-refractivity contribution >= 4 is 17.7 Å². The molecule has 0 aromatic heterocycles. The molecule has 1 atom stereocenters. The third-order valence-corrected chi connectivity index (χ3v) is 6.06. The van der Waals surface area contributed by atoms with Gasteiger partial charge in [0.2, 0.25) is 11.8 Å². The van der Waals surface area contributed by atoms with Gasteiger partial charge in [0.25, 0.3) is 5.91 Å². The third-order valence-electron chi connectivity index (χ3n) is 6.06. The van der Waals surface area contributed by atoms with E-state index < -0.39 is 6.04 Å². The second kappa shape index (κ2) is 8.41. The quantitative estimate of drug-likeness (QED) is 0.557. The summed E-state index contributed by atoms with van der Waals surface area (Å²) in [6, 6.07) is 5.35. The maximum absolute atomic E-state index is 12.9. The lowest BCUT2D eigenvalue weighted by molar-refractivity contribution is -0.136. The highest BCUT2D eigenvalue weighted by molar-refractivity contribution is 6.05. The molecule has 1 aromatic rings. The van der Waals surface area contributed by atoms with Crippen LogP contribution in [0.4, 0.5) is 0 Å². The monoisotopic (exact) mass is 384 g/mol. The van der Waals surface area contributed by atoms with Gasteiger partial charge in [0, 0.05) is 44.7 Å². The molecule has 4 rings (SSSR count). The molecule has 150 valence electrons. The first-order valence-corrected chi connectivity index (χ1v) is 10.3. The molecule has 28 heavy (non-hydrogen) atoms. The fraction of sp³-hybridized carbons (Fsp3) is 0.571. The molecule has 0 radical (unpaired) electrons. The van der Waals surface area contributed by atoms with Crippen LogP contribution in [0.2, 0.25) is 0 Å². The zero-order valence-corrected chi connectivity index (χ0v) is 16.2. The summed E-state index contributed by atoms with van der Waals surface area (Å²) in [4.78, 5) is 40.6. The van der Waals surface area contributed by atoms with Gasteiger partial charge < -0.3 is 15.1 Å². The van der Waals surface area contributed by atoms with Gasteiger partial charge in [-0.05, 0) is 49.4 Å².